The summed E-state index contributed by atoms with van der Waals surface area (Å²) in [5.74, 6) is 1.27. The molecule has 0 aliphatic rings. The number of terminal acetylenes is 1. The average molecular weight is 724 g/mol. The SMILES string of the molecule is C#Cc1ccc(C(C(=O)NC(Cc2ccccc2)C(=O)OC(C)(C)C)N(C(=O)C(Cc2ccccc2)NC(=O)OC(C)(C)C)C(C)CCC(C)C)cc1. The second-order valence-electron chi connectivity index (χ2n) is 15.9. The molecule has 0 saturated heterocycles. The second kappa shape index (κ2) is 19.1. The van der Waals surface area contributed by atoms with Crippen molar-refractivity contribution in [3.8, 4) is 12.3 Å². The van der Waals surface area contributed by atoms with E-state index in [2.05, 4.69) is 30.4 Å². The van der Waals surface area contributed by atoms with Crippen molar-refractivity contribution >= 4 is 23.9 Å². The number of hydrogen-bond acceptors (Lipinski definition) is 6. The molecule has 4 atom stereocenters. The zero-order valence-electron chi connectivity index (χ0n) is 32.8. The van der Waals surface area contributed by atoms with Gasteiger partial charge in [-0.2, -0.15) is 0 Å². The van der Waals surface area contributed by atoms with Crippen molar-refractivity contribution in [2.45, 2.75) is 123 Å². The molecular weight excluding hydrogens is 666 g/mol. The first kappa shape index (κ1) is 42.3. The predicted molar refractivity (Wildman–Crippen MR) is 209 cm³/mol. The Morgan fingerprint density at radius 1 is 0.698 bits per heavy atom. The average Bonchev–Trinajstić information content (AvgIpc) is 3.08. The van der Waals surface area contributed by atoms with Gasteiger partial charge in [0, 0.05) is 24.4 Å². The zero-order valence-corrected chi connectivity index (χ0v) is 32.8. The highest BCUT2D eigenvalue weighted by molar-refractivity contribution is 5.94. The van der Waals surface area contributed by atoms with Crippen LogP contribution in [0.5, 0.6) is 0 Å². The maximum Gasteiger partial charge on any atom is 0.408 e. The minimum absolute atomic E-state index is 0.144. The molecule has 0 heterocycles. The number of esters is 1. The Labute approximate surface area is 316 Å². The van der Waals surface area contributed by atoms with Gasteiger partial charge in [0.25, 0.3) is 0 Å². The molecule has 2 N–H and O–H groups in total. The van der Waals surface area contributed by atoms with Gasteiger partial charge in [-0.1, -0.05) is 92.6 Å². The minimum Gasteiger partial charge on any atom is -0.458 e. The largest absolute Gasteiger partial charge is 0.458 e. The number of benzene rings is 3. The van der Waals surface area contributed by atoms with Gasteiger partial charge in [0.2, 0.25) is 11.8 Å². The summed E-state index contributed by atoms with van der Waals surface area (Å²) in [5.41, 5.74) is 1.09. The van der Waals surface area contributed by atoms with Crippen LogP contribution in [0.3, 0.4) is 0 Å². The van der Waals surface area contributed by atoms with E-state index in [4.69, 9.17) is 15.9 Å². The van der Waals surface area contributed by atoms with Crippen molar-refractivity contribution in [3.05, 3.63) is 107 Å². The van der Waals surface area contributed by atoms with E-state index in [9.17, 15) is 14.4 Å². The lowest BCUT2D eigenvalue weighted by Gasteiger charge is -2.39. The van der Waals surface area contributed by atoms with Crippen molar-refractivity contribution in [2.75, 3.05) is 0 Å². The first-order valence-electron chi connectivity index (χ1n) is 18.4. The van der Waals surface area contributed by atoms with E-state index in [1.165, 1.54) is 0 Å². The maximum absolute atomic E-state index is 15.1. The Morgan fingerprint density at radius 3 is 1.68 bits per heavy atom. The van der Waals surface area contributed by atoms with Gasteiger partial charge in [-0.05, 0) is 96.0 Å². The molecule has 3 aromatic carbocycles. The molecular formula is C44H57N3O6. The molecule has 0 aromatic heterocycles. The number of carbonyl (C=O) groups is 4. The van der Waals surface area contributed by atoms with Crippen LogP contribution in [0.4, 0.5) is 4.79 Å². The number of hydrogen-bond donors (Lipinski definition) is 2. The van der Waals surface area contributed by atoms with E-state index in [0.717, 1.165) is 17.5 Å². The third-order valence-corrected chi connectivity index (χ3v) is 8.37. The van der Waals surface area contributed by atoms with Gasteiger partial charge in [-0.3, -0.25) is 9.59 Å². The maximum atomic E-state index is 15.1. The fourth-order valence-electron chi connectivity index (χ4n) is 5.86. The summed E-state index contributed by atoms with van der Waals surface area (Å²) in [7, 11) is 0. The topological polar surface area (TPSA) is 114 Å². The van der Waals surface area contributed by atoms with Crippen LogP contribution < -0.4 is 10.6 Å². The van der Waals surface area contributed by atoms with Crippen LogP contribution in [-0.4, -0.2) is 58.1 Å². The summed E-state index contributed by atoms with van der Waals surface area (Å²) >= 11 is 0. The number of amides is 3. The van der Waals surface area contributed by atoms with Crippen molar-refractivity contribution in [1.29, 1.82) is 0 Å². The molecule has 9 heteroatoms. The lowest BCUT2D eigenvalue weighted by atomic mass is 9.95. The van der Waals surface area contributed by atoms with Crippen molar-refractivity contribution in [1.82, 2.24) is 15.5 Å². The molecule has 284 valence electrons. The Balaban J connectivity index is 2.19. The minimum atomic E-state index is -1.21. The molecule has 4 unspecified atom stereocenters. The van der Waals surface area contributed by atoms with Gasteiger partial charge in [0.05, 0.1) is 0 Å². The van der Waals surface area contributed by atoms with Crippen LogP contribution >= 0.6 is 0 Å². The van der Waals surface area contributed by atoms with Gasteiger partial charge in [0.15, 0.2) is 0 Å². The summed E-state index contributed by atoms with van der Waals surface area (Å²) in [6.07, 6.45) is 6.58. The summed E-state index contributed by atoms with van der Waals surface area (Å²) < 4.78 is 11.4. The standard InChI is InChI=1S/C44H57N3O6/c1-11-32-24-26-35(27-25-32)38(39(48)45-37(41(50)52-43(5,6)7)29-34-20-16-13-17-21-34)47(31(4)23-22-30(2)3)40(49)36(28-33-18-14-12-15-19-33)46-42(51)53-44(8,9)10/h1,12-21,24-27,30-31,36-38H,22-23,28-29H2,2-10H3,(H,45,48)(H,46,51). The smallest absolute Gasteiger partial charge is 0.408 e. The molecule has 3 rings (SSSR count). The molecule has 9 nitrogen and oxygen atoms in total. The fourth-order valence-corrected chi connectivity index (χ4v) is 5.86. The molecule has 0 fully saturated rings. The third kappa shape index (κ3) is 14.1. The Bertz CT molecular complexity index is 1690. The summed E-state index contributed by atoms with van der Waals surface area (Å²) in [6, 6.07) is 21.7. The van der Waals surface area contributed by atoms with Gasteiger partial charge in [-0.15, -0.1) is 6.42 Å². The Kier molecular flexibility index (Phi) is 15.3. The summed E-state index contributed by atoms with van der Waals surface area (Å²) in [4.78, 5) is 58.5. The molecule has 0 spiro atoms. The van der Waals surface area contributed by atoms with Gasteiger partial charge >= 0.3 is 12.1 Å². The molecule has 0 aliphatic heterocycles. The summed E-state index contributed by atoms with van der Waals surface area (Å²) in [6.45, 7) is 16.6. The quantitative estimate of drug-likeness (QED) is 0.124. The first-order chi connectivity index (χ1) is 24.9. The van der Waals surface area contributed by atoms with Gasteiger partial charge < -0.3 is 25.0 Å². The van der Waals surface area contributed by atoms with Crippen molar-refractivity contribution in [2.24, 2.45) is 5.92 Å². The van der Waals surface area contributed by atoms with Crippen LogP contribution in [0.25, 0.3) is 0 Å². The zero-order chi connectivity index (χ0) is 39.3. The monoisotopic (exact) mass is 723 g/mol. The molecule has 0 radical (unpaired) electrons. The van der Waals surface area contributed by atoms with Crippen molar-refractivity contribution < 1.29 is 28.7 Å². The van der Waals surface area contributed by atoms with Crippen LogP contribution in [0.15, 0.2) is 84.9 Å². The number of rotatable bonds is 15. The van der Waals surface area contributed by atoms with Crippen molar-refractivity contribution in [3.63, 3.8) is 0 Å². The third-order valence-electron chi connectivity index (χ3n) is 8.37. The second-order valence-corrected chi connectivity index (χ2v) is 15.9. The first-order valence-corrected chi connectivity index (χ1v) is 18.4. The van der Waals surface area contributed by atoms with E-state index in [1.807, 2.05) is 67.6 Å². The van der Waals surface area contributed by atoms with Gasteiger partial charge in [-0.25, -0.2) is 9.59 Å². The predicted octanol–water partition coefficient (Wildman–Crippen LogP) is 7.57. The van der Waals surface area contributed by atoms with E-state index in [-0.39, 0.29) is 12.8 Å². The molecule has 0 bridgehead atoms. The highest BCUT2D eigenvalue weighted by atomic mass is 16.6. The fraction of sp³-hybridized carbons (Fsp3) is 0.455. The molecule has 3 amide bonds. The number of nitrogens with zero attached hydrogens (tertiary/aromatic N) is 1. The van der Waals surface area contributed by atoms with E-state index < -0.39 is 59.2 Å². The highest BCUT2D eigenvalue weighted by Gasteiger charge is 2.40. The molecule has 0 aliphatic carbocycles. The van der Waals surface area contributed by atoms with Crippen LogP contribution in [-0.2, 0) is 36.7 Å². The van der Waals surface area contributed by atoms with Crippen LogP contribution in [0, 0.1) is 18.3 Å². The molecule has 3 aromatic rings. The highest BCUT2D eigenvalue weighted by Crippen LogP contribution is 2.29. The molecule has 53 heavy (non-hydrogen) atoms. The molecule has 0 saturated carbocycles. The van der Waals surface area contributed by atoms with E-state index in [1.54, 1.807) is 70.7 Å². The lowest BCUT2D eigenvalue weighted by Crippen LogP contribution is -2.57. The van der Waals surface area contributed by atoms with Crippen LogP contribution in [0.1, 0.15) is 103 Å². The number of carbonyl (C=O) groups excluding carboxylic acids is 4. The number of nitrogens with one attached hydrogen (secondary N) is 2. The Morgan fingerprint density at radius 2 is 1.21 bits per heavy atom. The van der Waals surface area contributed by atoms with E-state index >= 15 is 4.79 Å². The lowest BCUT2D eigenvalue weighted by molar-refractivity contribution is -0.159. The van der Waals surface area contributed by atoms with Gasteiger partial charge in [0.1, 0.15) is 29.3 Å². The van der Waals surface area contributed by atoms with Crippen LogP contribution in [0.2, 0.25) is 0 Å². The Hall–Kier alpha value is -5.10. The normalized spacial score (nSPS) is 13.8. The summed E-state index contributed by atoms with van der Waals surface area (Å²) in [5, 5.41) is 5.79. The van der Waals surface area contributed by atoms with E-state index in [0.29, 0.717) is 23.5 Å². The number of alkyl carbamates (subject to hydrolysis) is 1. The number of ether oxygens (including phenoxy) is 2.